The lowest BCUT2D eigenvalue weighted by Crippen LogP contribution is -2.30. The molecule has 0 heterocycles. The Morgan fingerprint density at radius 2 is 1.74 bits per heavy atom. The van der Waals surface area contributed by atoms with Crippen molar-refractivity contribution in [3.8, 4) is 0 Å². The van der Waals surface area contributed by atoms with Crippen LogP contribution in [0.3, 0.4) is 0 Å². The molecule has 0 aromatic heterocycles. The van der Waals surface area contributed by atoms with E-state index in [-0.39, 0.29) is 11.5 Å². The highest BCUT2D eigenvalue weighted by molar-refractivity contribution is 5.83. The van der Waals surface area contributed by atoms with Crippen LogP contribution in [-0.4, -0.2) is 18.5 Å². The van der Waals surface area contributed by atoms with E-state index in [2.05, 4.69) is 20.8 Å². The van der Waals surface area contributed by atoms with E-state index in [1.807, 2.05) is 0 Å². The van der Waals surface area contributed by atoms with Crippen molar-refractivity contribution in [2.45, 2.75) is 78.2 Å². The molecule has 0 bridgehead atoms. The molecule has 2 saturated carbocycles. The van der Waals surface area contributed by atoms with Gasteiger partial charge in [0.25, 0.3) is 0 Å². The molecule has 0 aliphatic heterocycles. The van der Waals surface area contributed by atoms with Gasteiger partial charge in [-0.2, -0.15) is 0 Å². The van der Waals surface area contributed by atoms with Gasteiger partial charge in [-0.1, -0.05) is 46.5 Å². The first-order chi connectivity index (χ1) is 8.94. The Labute approximate surface area is 118 Å². The third-order valence-corrected chi connectivity index (χ3v) is 4.32. The summed E-state index contributed by atoms with van der Waals surface area (Å²) in [4.78, 5) is 12.4. The molecule has 2 nitrogen and oxygen atoms in total. The summed E-state index contributed by atoms with van der Waals surface area (Å²) in [5.74, 6) is 1.80. The van der Waals surface area contributed by atoms with Crippen molar-refractivity contribution in [2.24, 2.45) is 17.3 Å². The maximum Gasteiger partial charge on any atom is 0.162 e. The number of hydrogen-bond donors (Lipinski definition) is 0. The zero-order valence-corrected chi connectivity index (χ0v) is 12.9. The van der Waals surface area contributed by atoms with E-state index in [0.29, 0.717) is 18.1 Å². The van der Waals surface area contributed by atoms with Gasteiger partial charge in [0.1, 0.15) is 6.10 Å². The van der Waals surface area contributed by atoms with Gasteiger partial charge in [0.2, 0.25) is 0 Å². The summed E-state index contributed by atoms with van der Waals surface area (Å²) < 4.78 is 6.04. The molecule has 0 saturated heterocycles. The van der Waals surface area contributed by atoms with Crippen LogP contribution in [0.25, 0.3) is 0 Å². The third-order valence-electron chi connectivity index (χ3n) is 4.32. The minimum Gasteiger partial charge on any atom is -0.370 e. The third kappa shape index (κ3) is 5.64. The van der Waals surface area contributed by atoms with Crippen LogP contribution >= 0.6 is 0 Å². The van der Waals surface area contributed by atoms with E-state index < -0.39 is 0 Å². The normalized spacial score (nSPS) is 22.7. The van der Waals surface area contributed by atoms with Crippen LogP contribution in [0.4, 0.5) is 0 Å². The van der Waals surface area contributed by atoms with Crippen molar-refractivity contribution < 1.29 is 9.53 Å². The van der Waals surface area contributed by atoms with Crippen molar-refractivity contribution in [2.75, 3.05) is 6.61 Å². The fraction of sp³-hybridized carbons (Fsp3) is 0.941. The van der Waals surface area contributed by atoms with Crippen LogP contribution in [0.2, 0.25) is 0 Å². The number of carbonyl (C=O) groups is 1. The van der Waals surface area contributed by atoms with Gasteiger partial charge in [0, 0.05) is 6.42 Å². The monoisotopic (exact) mass is 266 g/mol. The highest BCUT2D eigenvalue weighted by Crippen LogP contribution is 2.36. The van der Waals surface area contributed by atoms with Gasteiger partial charge in [-0.15, -0.1) is 0 Å². The first-order valence-corrected chi connectivity index (χ1v) is 8.08. The highest BCUT2D eigenvalue weighted by atomic mass is 16.5. The van der Waals surface area contributed by atoms with Crippen LogP contribution in [0.5, 0.6) is 0 Å². The second-order valence-electron chi connectivity index (χ2n) is 7.86. The van der Waals surface area contributed by atoms with Gasteiger partial charge >= 0.3 is 0 Å². The molecule has 2 aliphatic rings. The largest absolute Gasteiger partial charge is 0.370 e. The average Bonchev–Trinajstić information content (AvgIpc) is 2.95. The molecular formula is C17H30O2. The Balaban J connectivity index is 1.81. The van der Waals surface area contributed by atoms with Crippen molar-refractivity contribution in [1.82, 2.24) is 0 Å². The van der Waals surface area contributed by atoms with E-state index in [1.54, 1.807) is 0 Å². The number of Topliss-reactive ketones (excluding diaryl/α,β-unsaturated/α-hetero) is 1. The summed E-state index contributed by atoms with van der Waals surface area (Å²) in [5.41, 5.74) is 0.0790. The molecule has 19 heavy (non-hydrogen) atoms. The lowest BCUT2D eigenvalue weighted by Gasteiger charge is -2.23. The molecule has 0 spiro atoms. The second kappa shape index (κ2) is 6.39. The molecule has 0 aromatic rings. The van der Waals surface area contributed by atoms with Gasteiger partial charge in [-0.25, -0.2) is 0 Å². The summed E-state index contributed by atoms with van der Waals surface area (Å²) >= 11 is 0. The molecule has 2 heteroatoms. The summed E-state index contributed by atoms with van der Waals surface area (Å²) in [6.07, 6.45) is 9.38. The maximum atomic E-state index is 12.4. The standard InChI is InChI=1S/C17H30O2/c1-17(2,3)11-15(18)16(10-13-8-9-13)19-12-14-6-4-5-7-14/h13-14,16H,4-12H2,1-3H3. The minimum absolute atomic E-state index is 0.0790. The molecule has 2 rings (SSSR count). The number of ether oxygens (including phenoxy) is 1. The van der Waals surface area contributed by atoms with Crippen LogP contribution in [0.15, 0.2) is 0 Å². The molecule has 0 N–H and O–H groups in total. The van der Waals surface area contributed by atoms with Crippen LogP contribution in [0, 0.1) is 17.3 Å². The van der Waals surface area contributed by atoms with Gasteiger partial charge in [0.05, 0.1) is 6.61 Å². The first-order valence-electron chi connectivity index (χ1n) is 8.08. The van der Waals surface area contributed by atoms with Crippen LogP contribution in [-0.2, 0) is 9.53 Å². The highest BCUT2D eigenvalue weighted by Gasteiger charge is 2.32. The Morgan fingerprint density at radius 1 is 1.11 bits per heavy atom. The van der Waals surface area contributed by atoms with E-state index in [1.165, 1.54) is 38.5 Å². The number of ketones is 1. The van der Waals surface area contributed by atoms with Crippen molar-refractivity contribution >= 4 is 5.78 Å². The lowest BCUT2D eigenvalue weighted by atomic mass is 9.87. The Bertz CT molecular complexity index is 293. The topological polar surface area (TPSA) is 26.3 Å². The van der Waals surface area contributed by atoms with E-state index in [4.69, 9.17) is 4.74 Å². The number of rotatable bonds is 7. The Hall–Kier alpha value is -0.370. The van der Waals surface area contributed by atoms with Gasteiger partial charge < -0.3 is 4.74 Å². The number of hydrogen-bond acceptors (Lipinski definition) is 2. The van der Waals surface area contributed by atoms with E-state index in [9.17, 15) is 4.79 Å². The minimum atomic E-state index is -0.118. The number of carbonyl (C=O) groups excluding carboxylic acids is 1. The summed E-state index contributed by atoms with van der Waals surface area (Å²) in [7, 11) is 0. The van der Waals surface area contributed by atoms with Crippen molar-refractivity contribution in [3.05, 3.63) is 0 Å². The summed E-state index contributed by atoms with van der Waals surface area (Å²) in [6, 6.07) is 0. The molecular weight excluding hydrogens is 236 g/mol. The second-order valence-corrected chi connectivity index (χ2v) is 7.86. The fourth-order valence-corrected chi connectivity index (χ4v) is 3.01. The van der Waals surface area contributed by atoms with Crippen LogP contribution in [0.1, 0.15) is 72.1 Å². The predicted octanol–water partition coefficient (Wildman–Crippen LogP) is 4.37. The van der Waals surface area contributed by atoms with Crippen molar-refractivity contribution in [3.63, 3.8) is 0 Å². The lowest BCUT2D eigenvalue weighted by molar-refractivity contribution is -0.134. The predicted molar refractivity (Wildman–Crippen MR) is 78.1 cm³/mol. The molecule has 1 atom stereocenters. The molecule has 0 amide bonds. The average molecular weight is 266 g/mol. The zero-order valence-electron chi connectivity index (χ0n) is 12.9. The Morgan fingerprint density at radius 3 is 2.26 bits per heavy atom. The molecule has 110 valence electrons. The molecule has 2 fully saturated rings. The zero-order chi connectivity index (χ0) is 13.9. The SMILES string of the molecule is CC(C)(C)CC(=O)C(CC1CC1)OCC1CCCC1. The summed E-state index contributed by atoms with van der Waals surface area (Å²) in [6.45, 7) is 7.22. The smallest absolute Gasteiger partial charge is 0.162 e. The maximum absolute atomic E-state index is 12.4. The van der Waals surface area contributed by atoms with E-state index in [0.717, 1.165) is 18.9 Å². The van der Waals surface area contributed by atoms with Gasteiger partial charge in [0.15, 0.2) is 5.78 Å². The molecule has 2 aliphatic carbocycles. The van der Waals surface area contributed by atoms with E-state index >= 15 is 0 Å². The van der Waals surface area contributed by atoms with Crippen LogP contribution < -0.4 is 0 Å². The Kier molecular flexibility index (Phi) is 5.05. The molecule has 1 unspecified atom stereocenters. The fourth-order valence-electron chi connectivity index (χ4n) is 3.01. The summed E-state index contributed by atoms with van der Waals surface area (Å²) in [5, 5.41) is 0. The van der Waals surface area contributed by atoms with Gasteiger partial charge in [-0.3, -0.25) is 4.79 Å². The van der Waals surface area contributed by atoms with Crippen molar-refractivity contribution in [1.29, 1.82) is 0 Å². The molecule has 0 aromatic carbocycles. The first kappa shape index (κ1) is 15.0. The molecule has 0 radical (unpaired) electrons. The van der Waals surface area contributed by atoms with Gasteiger partial charge in [-0.05, 0) is 36.5 Å². The quantitative estimate of drug-likeness (QED) is 0.684.